The van der Waals surface area contributed by atoms with Gasteiger partial charge in [-0.25, -0.2) is 0 Å². The Bertz CT molecular complexity index is 191. The van der Waals surface area contributed by atoms with Gasteiger partial charge in [-0.15, -0.1) is 0 Å². The SMILES string of the molecule is CC(C)OCC1CCC2(C)OC2C1. The van der Waals surface area contributed by atoms with Crippen LogP contribution in [0.15, 0.2) is 0 Å². The topological polar surface area (TPSA) is 21.8 Å². The summed E-state index contributed by atoms with van der Waals surface area (Å²) < 4.78 is 11.3. The Kier molecular flexibility index (Phi) is 2.37. The summed E-state index contributed by atoms with van der Waals surface area (Å²) in [5, 5.41) is 0. The summed E-state index contributed by atoms with van der Waals surface area (Å²) in [5.74, 6) is 0.739. The third kappa shape index (κ3) is 2.05. The highest BCUT2D eigenvalue weighted by Crippen LogP contribution is 2.49. The van der Waals surface area contributed by atoms with E-state index in [2.05, 4.69) is 20.8 Å². The maximum Gasteiger partial charge on any atom is 0.0920 e. The molecule has 0 spiro atoms. The predicted molar refractivity (Wildman–Crippen MR) is 51.7 cm³/mol. The maximum atomic E-state index is 5.65. The lowest BCUT2D eigenvalue weighted by Crippen LogP contribution is -2.25. The minimum atomic E-state index is 0.258. The van der Waals surface area contributed by atoms with Crippen molar-refractivity contribution in [1.82, 2.24) is 0 Å². The third-order valence-electron chi connectivity index (χ3n) is 3.30. The fourth-order valence-corrected chi connectivity index (χ4v) is 2.20. The normalized spacial score (nSPS) is 43.4. The monoisotopic (exact) mass is 184 g/mol. The van der Waals surface area contributed by atoms with Crippen molar-refractivity contribution in [3.05, 3.63) is 0 Å². The Morgan fingerprint density at radius 3 is 2.92 bits per heavy atom. The number of rotatable bonds is 3. The Balaban J connectivity index is 1.72. The molecule has 0 aromatic rings. The smallest absolute Gasteiger partial charge is 0.0920 e. The summed E-state index contributed by atoms with van der Waals surface area (Å²) in [6.07, 6.45) is 4.63. The van der Waals surface area contributed by atoms with E-state index in [1.165, 1.54) is 19.3 Å². The molecule has 2 heteroatoms. The van der Waals surface area contributed by atoms with Crippen molar-refractivity contribution >= 4 is 0 Å². The molecular formula is C11H20O2. The van der Waals surface area contributed by atoms with Crippen LogP contribution in [0.5, 0.6) is 0 Å². The van der Waals surface area contributed by atoms with Gasteiger partial charge < -0.3 is 9.47 Å². The van der Waals surface area contributed by atoms with Gasteiger partial charge in [0.2, 0.25) is 0 Å². The molecule has 1 saturated heterocycles. The molecule has 1 saturated carbocycles. The molecule has 1 aliphatic carbocycles. The molecule has 2 nitrogen and oxygen atoms in total. The zero-order valence-electron chi connectivity index (χ0n) is 8.88. The number of hydrogen-bond donors (Lipinski definition) is 0. The fraction of sp³-hybridized carbons (Fsp3) is 1.00. The van der Waals surface area contributed by atoms with Crippen LogP contribution < -0.4 is 0 Å². The van der Waals surface area contributed by atoms with Gasteiger partial charge in [0.05, 0.1) is 17.8 Å². The standard InChI is InChI=1S/C11H20O2/c1-8(2)12-7-9-4-5-11(3)10(6-9)13-11/h8-10H,4-7H2,1-3H3. The van der Waals surface area contributed by atoms with E-state index in [4.69, 9.17) is 9.47 Å². The van der Waals surface area contributed by atoms with Crippen LogP contribution >= 0.6 is 0 Å². The molecule has 13 heavy (non-hydrogen) atoms. The van der Waals surface area contributed by atoms with E-state index < -0.39 is 0 Å². The van der Waals surface area contributed by atoms with Gasteiger partial charge in [-0.1, -0.05) is 0 Å². The Morgan fingerprint density at radius 2 is 2.31 bits per heavy atom. The zero-order chi connectivity index (χ0) is 9.47. The van der Waals surface area contributed by atoms with Gasteiger partial charge in [0.25, 0.3) is 0 Å². The highest BCUT2D eigenvalue weighted by atomic mass is 16.6. The first-order chi connectivity index (χ1) is 6.10. The van der Waals surface area contributed by atoms with Crippen LogP contribution in [0, 0.1) is 5.92 Å². The van der Waals surface area contributed by atoms with Gasteiger partial charge in [0, 0.05) is 6.61 Å². The van der Waals surface area contributed by atoms with Crippen LogP contribution in [0.2, 0.25) is 0 Å². The van der Waals surface area contributed by atoms with Gasteiger partial charge in [-0.05, 0) is 46.0 Å². The molecule has 1 aliphatic heterocycles. The maximum absolute atomic E-state index is 5.65. The van der Waals surface area contributed by atoms with E-state index in [0.717, 1.165) is 12.5 Å². The largest absolute Gasteiger partial charge is 0.379 e. The van der Waals surface area contributed by atoms with E-state index in [0.29, 0.717) is 12.2 Å². The van der Waals surface area contributed by atoms with E-state index in [9.17, 15) is 0 Å². The molecule has 0 bridgehead atoms. The minimum Gasteiger partial charge on any atom is -0.379 e. The molecule has 0 radical (unpaired) electrons. The molecule has 0 N–H and O–H groups in total. The summed E-state index contributed by atoms with van der Waals surface area (Å²) >= 11 is 0. The third-order valence-corrected chi connectivity index (χ3v) is 3.30. The van der Waals surface area contributed by atoms with Gasteiger partial charge in [-0.2, -0.15) is 0 Å². The Morgan fingerprint density at radius 1 is 1.54 bits per heavy atom. The minimum absolute atomic E-state index is 0.258. The highest BCUT2D eigenvalue weighted by molar-refractivity contribution is 5.03. The average Bonchev–Trinajstić information content (AvgIpc) is 2.72. The first-order valence-electron chi connectivity index (χ1n) is 5.39. The Labute approximate surface area is 80.6 Å². The van der Waals surface area contributed by atoms with Crippen LogP contribution in [0.4, 0.5) is 0 Å². The lowest BCUT2D eigenvalue weighted by atomic mass is 9.83. The molecule has 1 heterocycles. The van der Waals surface area contributed by atoms with E-state index >= 15 is 0 Å². The first kappa shape index (κ1) is 9.47. The molecule has 0 amide bonds. The summed E-state index contributed by atoms with van der Waals surface area (Å²) in [5.41, 5.74) is 0.258. The molecule has 0 aromatic carbocycles. The van der Waals surface area contributed by atoms with Crippen LogP contribution in [0.3, 0.4) is 0 Å². The number of hydrogen-bond acceptors (Lipinski definition) is 2. The lowest BCUT2D eigenvalue weighted by Gasteiger charge is -2.23. The van der Waals surface area contributed by atoms with Crippen molar-refractivity contribution in [2.45, 2.75) is 57.8 Å². The first-order valence-corrected chi connectivity index (χ1v) is 5.39. The number of ether oxygens (including phenoxy) is 2. The highest BCUT2D eigenvalue weighted by Gasteiger charge is 2.55. The molecule has 2 rings (SSSR count). The molecule has 3 unspecified atom stereocenters. The molecular weight excluding hydrogens is 164 g/mol. The lowest BCUT2D eigenvalue weighted by molar-refractivity contribution is 0.0420. The van der Waals surface area contributed by atoms with Crippen LogP contribution in [-0.2, 0) is 9.47 Å². The van der Waals surface area contributed by atoms with E-state index in [1.54, 1.807) is 0 Å². The van der Waals surface area contributed by atoms with Crippen molar-refractivity contribution in [2.75, 3.05) is 6.61 Å². The summed E-state index contributed by atoms with van der Waals surface area (Å²) in [7, 11) is 0. The predicted octanol–water partition coefficient (Wildman–Crippen LogP) is 2.37. The summed E-state index contributed by atoms with van der Waals surface area (Å²) in [6, 6.07) is 0. The van der Waals surface area contributed by atoms with Crippen molar-refractivity contribution in [1.29, 1.82) is 0 Å². The van der Waals surface area contributed by atoms with Crippen LogP contribution in [0.1, 0.15) is 40.0 Å². The quantitative estimate of drug-likeness (QED) is 0.628. The second-order valence-corrected chi connectivity index (χ2v) is 4.94. The van der Waals surface area contributed by atoms with E-state index in [-0.39, 0.29) is 5.60 Å². The molecule has 0 aromatic heterocycles. The second-order valence-electron chi connectivity index (χ2n) is 4.94. The molecule has 2 fully saturated rings. The summed E-state index contributed by atoms with van der Waals surface area (Å²) in [6.45, 7) is 7.35. The second kappa shape index (κ2) is 3.25. The molecule has 2 aliphatic rings. The van der Waals surface area contributed by atoms with Crippen molar-refractivity contribution in [2.24, 2.45) is 5.92 Å². The molecule has 3 atom stereocenters. The van der Waals surface area contributed by atoms with Crippen molar-refractivity contribution in [3.8, 4) is 0 Å². The van der Waals surface area contributed by atoms with Gasteiger partial charge in [0.1, 0.15) is 0 Å². The van der Waals surface area contributed by atoms with Crippen molar-refractivity contribution in [3.63, 3.8) is 0 Å². The van der Waals surface area contributed by atoms with Crippen LogP contribution in [0.25, 0.3) is 0 Å². The van der Waals surface area contributed by atoms with Gasteiger partial charge in [0.15, 0.2) is 0 Å². The van der Waals surface area contributed by atoms with Gasteiger partial charge in [-0.3, -0.25) is 0 Å². The van der Waals surface area contributed by atoms with Crippen molar-refractivity contribution < 1.29 is 9.47 Å². The number of fused-ring (bicyclic) bond motifs is 1. The molecule has 76 valence electrons. The van der Waals surface area contributed by atoms with Gasteiger partial charge >= 0.3 is 0 Å². The fourth-order valence-electron chi connectivity index (χ4n) is 2.20. The number of epoxide rings is 1. The average molecular weight is 184 g/mol. The summed E-state index contributed by atoms with van der Waals surface area (Å²) in [4.78, 5) is 0. The van der Waals surface area contributed by atoms with E-state index in [1.807, 2.05) is 0 Å². The van der Waals surface area contributed by atoms with Crippen LogP contribution in [-0.4, -0.2) is 24.4 Å². The zero-order valence-corrected chi connectivity index (χ0v) is 8.88. The Hall–Kier alpha value is -0.0800.